The Kier molecular flexibility index (Phi) is 4.56. The Balaban J connectivity index is 1.93. The smallest absolute Gasteiger partial charge is 0.248 e. The Labute approximate surface area is 122 Å². The van der Waals surface area contributed by atoms with E-state index >= 15 is 0 Å². The molecule has 0 aliphatic carbocycles. The molecular weight excluding hydrogens is 268 g/mol. The van der Waals surface area contributed by atoms with Gasteiger partial charge in [0.1, 0.15) is 11.5 Å². The zero-order valence-corrected chi connectivity index (χ0v) is 11.8. The molecule has 5 nitrogen and oxygen atoms in total. The van der Waals surface area contributed by atoms with E-state index in [1.165, 1.54) is 13.0 Å². The van der Waals surface area contributed by atoms with Gasteiger partial charge in [0.25, 0.3) is 0 Å². The van der Waals surface area contributed by atoms with Crippen molar-refractivity contribution in [3.05, 3.63) is 54.0 Å². The summed E-state index contributed by atoms with van der Waals surface area (Å²) in [5, 5.41) is 5.38. The van der Waals surface area contributed by atoms with Crippen LogP contribution < -0.4 is 10.6 Å². The van der Waals surface area contributed by atoms with Gasteiger partial charge < -0.3 is 15.1 Å². The van der Waals surface area contributed by atoms with E-state index in [9.17, 15) is 9.59 Å². The van der Waals surface area contributed by atoms with E-state index in [1.807, 2.05) is 13.0 Å². The number of furan rings is 1. The summed E-state index contributed by atoms with van der Waals surface area (Å²) in [6, 6.07) is 10.5. The van der Waals surface area contributed by atoms with Crippen molar-refractivity contribution in [1.29, 1.82) is 0 Å². The van der Waals surface area contributed by atoms with Crippen LogP contribution in [0.1, 0.15) is 18.4 Å². The summed E-state index contributed by atoms with van der Waals surface area (Å²) in [5.74, 6) is 1.03. The second kappa shape index (κ2) is 6.56. The summed E-state index contributed by atoms with van der Waals surface area (Å²) in [5.41, 5.74) is 1.33. The van der Waals surface area contributed by atoms with Gasteiger partial charge in [0, 0.05) is 24.4 Å². The summed E-state index contributed by atoms with van der Waals surface area (Å²) < 4.78 is 5.33. The number of hydrogen-bond acceptors (Lipinski definition) is 3. The summed E-state index contributed by atoms with van der Waals surface area (Å²) in [6.45, 7) is 3.28. The lowest BCUT2D eigenvalue weighted by atomic mass is 10.2. The van der Waals surface area contributed by atoms with E-state index in [0.717, 1.165) is 5.76 Å². The molecule has 0 radical (unpaired) electrons. The summed E-state index contributed by atoms with van der Waals surface area (Å²) >= 11 is 0. The van der Waals surface area contributed by atoms with Crippen molar-refractivity contribution in [3.8, 4) is 0 Å². The minimum atomic E-state index is -0.253. The molecule has 1 heterocycles. The Morgan fingerprint density at radius 2 is 1.62 bits per heavy atom. The number of nitrogens with one attached hydrogen (secondary N) is 2. The predicted octanol–water partition coefficient (Wildman–Crippen LogP) is 3.20. The molecule has 21 heavy (non-hydrogen) atoms. The van der Waals surface area contributed by atoms with E-state index in [-0.39, 0.29) is 11.8 Å². The zero-order chi connectivity index (χ0) is 15.2. The molecule has 5 heteroatoms. The maximum atomic E-state index is 11.7. The van der Waals surface area contributed by atoms with Crippen molar-refractivity contribution in [1.82, 2.24) is 0 Å². The van der Waals surface area contributed by atoms with Crippen LogP contribution in [0, 0.1) is 6.92 Å². The Morgan fingerprint density at radius 1 is 1.00 bits per heavy atom. The average molecular weight is 284 g/mol. The van der Waals surface area contributed by atoms with Crippen LogP contribution in [0.15, 0.2) is 46.9 Å². The van der Waals surface area contributed by atoms with Crippen LogP contribution in [-0.2, 0) is 9.59 Å². The largest absolute Gasteiger partial charge is 0.462 e. The third-order valence-electron chi connectivity index (χ3n) is 2.63. The maximum Gasteiger partial charge on any atom is 0.248 e. The van der Waals surface area contributed by atoms with Crippen LogP contribution in [0.5, 0.6) is 0 Å². The van der Waals surface area contributed by atoms with E-state index in [0.29, 0.717) is 17.1 Å². The summed E-state index contributed by atoms with van der Waals surface area (Å²) in [7, 11) is 0. The number of carbonyl (C=O) groups is 2. The van der Waals surface area contributed by atoms with Gasteiger partial charge in [0.15, 0.2) is 0 Å². The van der Waals surface area contributed by atoms with Crippen LogP contribution in [0.3, 0.4) is 0 Å². The number of benzene rings is 1. The van der Waals surface area contributed by atoms with Crippen LogP contribution in [-0.4, -0.2) is 11.8 Å². The fourth-order valence-electron chi connectivity index (χ4n) is 1.72. The molecule has 0 saturated carbocycles. The van der Waals surface area contributed by atoms with Crippen LogP contribution in [0.25, 0.3) is 6.08 Å². The Morgan fingerprint density at radius 3 is 2.14 bits per heavy atom. The van der Waals surface area contributed by atoms with Crippen molar-refractivity contribution >= 4 is 29.3 Å². The molecule has 0 fully saturated rings. The average Bonchev–Trinajstić information content (AvgIpc) is 2.84. The van der Waals surface area contributed by atoms with E-state index in [1.54, 1.807) is 36.4 Å². The third-order valence-corrected chi connectivity index (χ3v) is 2.63. The van der Waals surface area contributed by atoms with Gasteiger partial charge in [-0.2, -0.15) is 0 Å². The molecule has 0 aliphatic rings. The molecule has 1 aromatic heterocycles. The molecule has 0 spiro atoms. The minimum Gasteiger partial charge on any atom is -0.462 e. The fourth-order valence-corrected chi connectivity index (χ4v) is 1.72. The SMILES string of the molecule is CC(=O)Nc1ccc(NC(=O)C=Cc2ccc(C)o2)cc1. The number of anilines is 2. The molecule has 0 saturated heterocycles. The summed E-state index contributed by atoms with van der Waals surface area (Å²) in [4.78, 5) is 22.6. The lowest BCUT2D eigenvalue weighted by Gasteiger charge is -2.04. The van der Waals surface area contributed by atoms with E-state index < -0.39 is 0 Å². The lowest BCUT2D eigenvalue weighted by molar-refractivity contribution is -0.114. The first-order chi connectivity index (χ1) is 10.0. The Bertz CT molecular complexity index is 669. The van der Waals surface area contributed by atoms with Gasteiger partial charge in [-0.1, -0.05) is 0 Å². The first-order valence-electron chi connectivity index (χ1n) is 6.46. The van der Waals surface area contributed by atoms with Gasteiger partial charge >= 0.3 is 0 Å². The zero-order valence-electron chi connectivity index (χ0n) is 11.8. The van der Waals surface area contributed by atoms with Gasteiger partial charge in [-0.05, 0) is 49.4 Å². The Hall–Kier alpha value is -2.82. The number of hydrogen-bond donors (Lipinski definition) is 2. The molecule has 0 bridgehead atoms. The van der Waals surface area contributed by atoms with Gasteiger partial charge in [0.2, 0.25) is 11.8 Å². The normalized spacial score (nSPS) is 10.6. The van der Waals surface area contributed by atoms with Crippen molar-refractivity contribution in [2.75, 3.05) is 10.6 Å². The van der Waals surface area contributed by atoms with Crippen LogP contribution in [0.2, 0.25) is 0 Å². The molecule has 108 valence electrons. The minimum absolute atomic E-state index is 0.136. The van der Waals surface area contributed by atoms with Crippen molar-refractivity contribution < 1.29 is 14.0 Å². The second-order valence-electron chi connectivity index (χ2n) is 4.53. The second-order valence-corrected chi connectivity index (χ2v) is 4.53. The maximum absolute atomic E-state index is 11.7. The monoisotopic (exact) mass is 284 g/mol. The molecule has 0 aliphatic heterocycles. The fraction of sp³-hybridized carbons (Fsp3) is 0.125. The van der Waals surface area contributed by atoms with Gasteiger partial charge in [0.05, 0.1) is 0 Å². The van der Waals surface area contributed by atoms with Crippen LogP contribution in [0.4, 0.5) is 11.4 Å². The molecule has 1 aromatic carbocycles. The van der Waals surface area contributed by atoms with Crippen molar-refractivity contribution in [3.63, 3.8) is 0 Å². The lowest BCUT2D eigenvalue weighted by Crippen LogP contribution is -2.08. The number of aryl methyl sites for hydroxylation is 1. The molecule has 0 unspecified atom stereocenters. The molecule has 2 aromatic rings. The number of carbonyl (C=O) groups excluding carboxylic acids is 2. The molecule has 0 atom stereocenters. The number of rotatable bonds is 4. The number of amides is 2. The first-order valence-corrected chi connectivity index (χ1v) is 6.46. The molecular formula is C16H16N2O3. The van der Waals surface area contributed by atoms with Crippen LogP contribution >= 0.6 is 0 Å². The highest BCUT2D eigenvalue weighted by atomic mass is 16.3. The van der Waals surface area contributed by atoms with Crippen molar-refractivity contribution in [2.45, 2.75) is 13.8 Å². The van der Waals surface area contributed by atoms with Crippen molar-refractivity contribution in [2.24, 2.45) is 0 Å². The highest BCUT2D eigenvalue weighted by molar-refractivity contribution is 6.01. The summed E-state index contributed by atoms with van der Waals surface area (Å²) in [6.07, 6.45) is 3.01. The van der Waals surface area contributed by atoms with E-state index in [2.05, 4.69) is 10.6 Å². The third kappa shape index (κ3) is 4.65. The van der Waals surface area contributed by atoms with Gasteiger partial charge in [-0.15, -0.1) is 0 Å². The predicted molar refractivity (Wildman–Crippen MR) is 81.9 cm³/mol. The highest BCUT2D eigenvalue weighted by Crippen LogP contribution is 2.14. The standard InChI is InChI=1S/C16H16N2O3/c1-11-3-8-15(21-11)9-10-16(20)18-14-6-4-13(5-7-14)17-12(2)19/h3-10H,1-2H3,(H,17,19)(H,18,20). The molecule has 2 amide bonds. The highest BCUT2D eigenvalue weighted by Gasteiger charge is 2.00. The molecule has 2 rings (SSSR count). The molecule has 2 N–H and O–H groups in total. The topological polar surface area (TPSA) is 71.3 Å². The van der Waals surface area contributed by atoms with Gasteiger partial charge in [-0.3, -0.25) is 9.59 Å². The quantitative estimate of drug-likeness (QED) is 0.847. The first kappa shape index (κ1) is 14.6. The van der Waals surface area contributed by atoms with E-state index in [4.69, 9.17) is 4.42 Å². The van der Waals surface area contributed by atoms with Gasteiger partial charge in [-0.25, -0.2) is 0 Å².